The summed E-state index contributed by atoms with van der Waals surface area (Å²) in [7, 11) is 1.52. The van der Waals surface area contributed by atoms with Crippen molar-refractivity contribution in [1.29, 1.82) is 0 Å². The van der Waals surface area contributed by atoms with Gasteiger partial charge in [-0.15, -0.1) is 0 Å². The van der Waals surface area contributed by atoms with E-state index in [4.69, 9.17) is 9.47 Å². The summed E-state index contributed by atoms with van der Waals surface area (Å²) in [6, 6.07) is 14.4. The van der Waals surface area contributed by atoms with Gasteiger partial charge < -0.3 is 14.6 Å². The number of benzene rings is 2. The quantitative estimate of drug-likeness (QED) is 0.652. The van der Waals surface area contributed by atoms with E-state index in [-0.39, 0.29) is 5.57 Å². The zero-order valence-corrected chi connectivity index (χ0v) is 12.6. The molecule has 114 valence electrons. The van der Waals surface area contributed by atoms with Crippen LogP contribution in [0.1, 0.15) is 18.1 Å². The summed E-state index contributed by atoms with van der Waals surface area (Å²) in [5.41, 5.74) is 1.40. The molecule has 0 aromatic heterocycles. The number of methoxy groups -OCH3 is 1. The topological polar surface area (TPSA) is 55.8 Å². The minimum atomic E-state index is -1.02. The number of rotatable bonds is 6. The highest BCUT2D eigenvalue weighted by Gasteiger charge is 2.16. The van der Waals surface area contributed by atoms with E-state index in [0.29, 0.717) is 29.2 Å². The van der Waals surface area contributed by atoms with Crippen LogP contribution in [0.3, 0.4) is 0 Å². The second-order valence-corrected chi connectivity index (χ2v) is 4.53. The average molecular weight is 298 g/mol. The highest BCUT2D eigenvalue weighted by atomic mass is 16.5. The Hall–Kier alpha value is -2.75. The number of carboxylic acid groups (broad SMARTS) is 1. The molecular weight excluding hydrogens is 280 g/mol. The Kier molecular flexibility index (Phi) is 5.20. The summed E-state index contributed by atoms with van der Waals surface area (Å²) in [5.74, 6) is 0.152. The van der Waals surface area contributed by atoms with Gasteiger partial charge in [0, 0.05) is 11.1 Å². The normalized spacial score (nSPS) is 11.1. The molecule has 0 heterocycles. The van der Waals surface area contributed by atoms with Crippen molar-refractivity contribution < 1.29 is 19.4 Å². The summed E-state index contributed by atoms with van der Waals surface area (Å²) >= 11 is 0. The van der Waals surface area contributed by atoms with E-state index in [1.807, 2.05) is 31.2 Å². The van der Waals surface area contributed by atoms with Gasteiger partial charge in [-0.1, -0.05) is 36.4 Å². The minimum Gasteiger partial charge on any atom is -0.496 e. The van der Waals surface area contributed by atoms with E-state index >= 15 is 0 Å². The predicted molar refractivity (Wildman–Crippen MR) is 86.1 cm³/mol. The number of hydrogen-bond donors (Lipinski definition) is 1. The highest BCUT2D eigenvalue weighted by molar-refractivity contribution is 6.21. The van der Waals surface area contributed by atoms with Crippen molar-refractivity contribution in [2.45, 2.75) is 6.92 Å². The SMILES string of the molecule is CCOc1ccccc1/C=C(\C(=O)O)c1ccccc1OC. The van der Waals surface area contributed by atoms with Crippen molar-refractivity contribution in [3.05, 3.63) is 59.7 Å². The number of carbonyl (C=O) groups is 1. The summed E-state index contributed by atoms with van der Waals surface area (Å²) in [6.07, 6.45) is 1.60. The first kappa shape index (κ1) is 15.6. The van der Waals surface area contributed by atoms with Crippen molar-refractivity contribution >= 4 is 17.6 Å². The number of ether oxygens (including phenoxy) is 2. The summed E-state index contributed by atoms with van der Waals surface area (Å²) in [4.78, 5) is 11.7. The molecule has 0 aliphatic rings. The number of hydrogen-bond acceptors (Lipinski definition) is 3. The third-order valence-electron chi connectivity index (χ3n) is 3.15. The molecule has 0 amide bonds. The Bertz CT molecular complexity index is 689. The molecule has 2 aromatic rings. The smallest absolute Gasteiger partial charge is 0.336 e. The molecule has 0 radical (unpaired) electrons. The third kappa shape index (κ3) is 3.47. The van der Waals surface area contributed by atoms with E-state index < -0.39 is 5.97 Å². The van der Waals surface area contributed by atoms with Gasteiger partial charge in [0.15, 0.2) is 0 Å². The van der Waals surface area contributed by atoms with Crippen LogP contribution in [0.25, 0.3) is 11.6 Å². The first-order chi connectivity index (χ1) is 10.7. The molecule has 0 spiro atoms. The monoisotopic (exact) mass is 298 g/mol. The highest BCUT2D eigenvalue weighted by Crippen LogP contribution is 2.30. The fourth-order valence-electron chi connectivity index (χ4n) is 2.16. The van der Waals surface area contributed by atoms with Crippen molar-refractivity contribution in [3.63, 3.8) is 0 Å². The Morgan fingerprint density at radius 3 is 2.36 bits per heavy atom. The van der Waals surface area contributed by atoms with Crippen molar-refractivity contribution in [2.24, 2.45) is 0 Å². The van der Waals surface area contributed by atoms with Gasteiger partial charge in [-0.2, -0.15) is 0 Å². The fraction of sp³-hybridized carbons (Fsp3) is 0.167. The fourth-order valence-corrected chi connectivity index (χ4v) is 2.16. The Morgan fingerprint density at radius 2 is 1.73 bits per heavy atom. The summed E-state index contributed by atoms with van der Waals surface area (Å²) in [6.45, 7) is 2.40. The molecule has 0 aliphatic carbocycles. The maximum Gasteiger partial charge on any atom is 0.336 e. The van der Waals surface area contributed by atoms with E-state index in [0.717, 1.165) is 0 Å². The van der Waals surface area contributed by atoms with Gasteiger partial charge in [0.2, 0.25) is 0 Å². The Labute approximate surface area is 129 Å². The molecule has 0 bridgehead atoms. The lowest BCUT2D eigenvalue weighted by Gasteiger charge is -2.11. The molecule has 1 N–H and O–H groups in total. The van der Waals surface area contributed by atoms with Crippen molar-refractivity contribution in [2.75, 3.05) is 13.7 Å². The second kappa shape index (κ2) is 7.31. The van der Waals surface area contributed by atoms with Crippen molar-refractivity contribution in [1.82, 2.24) is 0 Å². The lowest BCUT2D eigenvalue weighted by molar-refractivity contribution is -0.130. The molecule has 0 fully saturated rings. The molecule has 0 aliphatic heterocycles. The molecular formula is C18H18O4. The van der Waals surface area contributed by atoms with Crippen LogP contribution in [0, 0.1) is 0 Å². The van der Waals surface area contributed by atoms with Crippen molar-refractivity contribution in [3.8, 4) is 11.5 Å². The third-order valence-corrected chi connectivity index (χ3v) is 3.15. The molecule has 4 nitrogen and oxygen atoms in total. The number of aliphatic carboxylic acids is 1. The van der Waals surface area contributed by atoms with E-state index in [9.17, 15) is 9.90 Å². The largest absolute Gasteiger partial charge is 0.496 e. The number of para-hydroxylation sites is 2. The van der Waals surface area contributed by atoms with Crippen LogP contribution >= 0.6 is 0 Å². The maximum absolute atomic E-state index is 11.7. The first-order valence-corrected chi connectivity index (χ1v) is 6.97. The van der Waals surface area contributed by atoms with Gasteiger partial charge in [0.05, 0.1) is 19.3 Å². The standard InChI is InChI=1S/C18H18O4/c1-3-22-16-10-6-4-8-13(16)12-15(18(19)20)14-9-5-7-11-17(14)21-2/h4-12H,3H2,1-2H3,(H,19,20)/b15-12-. The van der Waals surface area contributed by atoms with Crippen LogP contribution in [-0.2, 0) is 4.79 Å². The average Bonchev–Trinajstić information content (AvgIpc) is 2.54. The Morgan fingerprint density at radius 1 is 1.09 bits per heavy atom. The van der Waals surface area contributed by atoms with E-state index in [1.54, 1.807) is 30.3 Å². The summed E-state index contributed by atoms with van der Waals surface area (Å²) in [5, 5.41) is 9.56. The number of carboxylic acids is 1. The van der Waals surface area contributed by atoms with Gasteiger partial charge in [-0.3, -0.25) is 0 Å². The van der Waals surface area contributed by atoms with Gasteiger partial charge in [-0.05, 0) is 25.1 Å². The molecule has 4 heteroatoms. The lowest BCUT2D eigenvalue weighted by Crippen LogP contribution is -2.02. The van der Waals surface area contributed by atoms with Gasteiger partial charge in [0.1, 0.15) is 11.5 Å². The molecule has 0 atom stereocenters. The second-order valence-electron chi connectivity index (χ2n) is 4.53. The van der Waals surface area contributed by atoms with E-state index in [2.05, 4.69) is 0 Å². The zero-order valence-electron chi connectivity index (χ0n) is 12.6. The zero-order chi connectivity index (χ0) is 15.9. The van der Waals surface area contributed by atoms with Crippen LogP contribution in [0.2, 0.25) is 0 Å². The molecule has 0 saturated carbocycles. The minimum absolute atomic E-state index is 0.157. The molecule has 22 heavy (non-hydrogen) atoms. The van der Waals surface area contributed by atoms with Gasteiger partial charge >= 0.3 is 5.97 Å². The molecule has 2 rings (SSSR count). The predicted octanol–water partition coefficient (Wildman–Crippen LogP) is 3.72. The molecule has 0 saturated heterocycles. The lowest BCUT2D eigenvalue weighted by atomic mass is 10.0. The van der Waals surface area contributed by atoms with Crippen LogP contribution in [-0.4, -0.2) is 24.8 Å². The van der Waals surface area contributed by atoms with Crippen LogP contribution in [0.15, 0.2) is 48.5 Å². The first-order valence-electron chi connectivity index (χ1n) is 6.97. The maximum atomic E-state index is 11.7. The Balaban J connectivity index is 2.55. The van der Waals surface area contributed by atoms with Gasteiger partial charge in [-0.25, -0.2) is 4.79 Å². The van der Waals surface area contributed by atoms with Crippen LogP contribution in [0.4, 0.5) is 0 Å². The molecule has 0 unspecified atom stereocenters. The van der Waals surface area contributed by atoms with Crippen LogP contribution < -0.4 is 9.47 Å². The van der Waals surface area contributed by atoms with Gasteiger partial charge in [0.25, 0.3) is 0 Å². The van der Waals surface area contributed by atoms with E-state index in [1.165, 1.54) is 7.11 Å². The molecule has 2 aromatic carbocycles. The summed E-state index contributed by atoms with van der Waals surface area (Å²) < 4.78 is 10.8. The van der Waals surface area contributed by atoms with Crippen LogP contribution in [0.5, 0.6) is 11.5 Å².